The molecule has 0 radical (unpaired) electrons. The van der Waals surface area contributed by atoms with E-state index >= 15 is 0 Å². The first-order valence-corrected chi connectivity index (χ1v) is 9.52. The van der Waals surface area contributed by atoms with Crippen LogP contribution < -0.4 is 10.2 Å². The minimum atomic E-state index is -4.58. The SMILES string of the molecule is CC(C)(C)OC(=O)NC1CCN(c2cnn([C@H]3C[C@@H](OC(F)(F)F)C3)c2)CC1. The summed E-state index contributed by atoms with van der Waals surface area (Å²) < 4.78 is 47.7. The number of alkyl halides is 3. The van der Waals surface area contributed by atoms with E-state index in [1.165, 1.54) is 0 Å². The molecule has 1 aromatic rings. The zero-order valence-corrected chi connectivity index (χ0v) is 16.3. The zero-order valence-electron chi connectivity index (χ0n) is 16.3. The third-order valence-electron chi connectivity index (χ3n) is 4.91. The Morgan fingerprint density at radius 1 is 1.21 bits per heavy atom. The molecule has 1 saturated heterocycles. The highest BCUT2D eigenvalue weighted by Crippen LogP contribution is 2.38. The van der Waals surface area contributed by atoms with Crippen LogP contribution in [0.25, 0.3) is 0 Å². The number of hydrogen-bond donors (Lipinski definition) is 1. The molecule has 28 heavy (non-hydrogen) atoms. The highest BCUT2D eigenvalue weighted by atomic mass is 19.4. The van der Waals surface area contributed by atoms with Crippen LogP contribution in [-0.4, -0.2) is 53.1 Å². The first kappa shape index (κ1) is 20.8. The van der Waals surface area contributed by atoms with Gasteiger partial charge in [-0.1, -0.05) is 0 Å². The van der Waals surface area contributed by atoms with Gasteiger partial charge in [0.2, 0.25) is 0 Å². The molecular formula is C18H27F3N4O3. The van der Waals surface area contributed by atoms with Crippen LogP contribution in [0.15, 0.2) is 12.4 Å². The number of nitrogens with zero attached hydrogens (tertiary/aromatic N) is 3. The summed E-state index contributed by atoms with van der Waals surface area (Å²) in [6.45, 7) is 7.00. The van der Waals surface area contributed by atoms with Crippen LogP contribution in [0, 0.1) is 0 Å². The third kappa shape index (κ3) is 5.76. The van der Waals surface area contributed by atoms with Gasteiger partial charge in [0.1, 0.15) is 5.60 Å². The lowest BCUT2D eigenvalue weighted by atomic mass is 9.89. The standard InChI is InChI=1S/C18H27F3N4O3/c1-17(2,3)28-16(26)23-12-4-6-24(7-5-12)14-10-22-25(11-14)13-8-15(9-13)27-18(19,20)21/h10-13,15H,4-9H2,1-3H3,(H,23,26)/t13-,15+. The van der Waals surface area contributed by atoms with Gasteiger partial charge in [0.25, 0.3) is 0 Å². The Kier molecular flexibility index (Phi) is 5.79. The second-order valence-electron chi connectivity index (χ2n) is 8.40. The molecule has 158 valence electrons. The van der Waals surface area contributed by atoms with Crippen molar-refractivity contribution in [2.75, 3.05) is 18.0 Å². The summed E-state index contributed by atoms with van der Waals surface area (Å²) in [6, 6.07) is 0.000488. The Bertz CT molecular complexity index is 672. The molecule has 2 fully saturated rings. The van der Waals surface area contributed by atoms with E-state index in [9.17, 15) is 18.0 Å². The molecule has 3 rings (SSSR count). The Morgan fingerprint density at radius 3 is 2.43 bits per heavy atom. The zero-order chi connectivity index (χ0) is 20.5. The lowest BCUT2D eigenvalue weighted by Gasteiger charge is -2.35. The Labute approximate surface area is 162 Å². The van der Waals surface area contributed by atoms with Gasteiger partial charge in [0, 0.05) is 25.3 Å². The quantitative estimate of drug-likeness (QED) is 0.830. The average molecular weight is 404 g/mol. The van der Waals surface area contributed by atoms with Crippen molar-refractivity contribution in [3.05, 3.63) is 12.4 Å². The fraction of sp³-hybridized carbons (Fsp3) is 0.778. The summed E-state index contributed by atoms with van der Waals surface area (Å²) in [5.41, 5.74) is 0.418. The first-order valence-electron chi connectivity index (χ1n) is 9.52. The van der Waals surface area contributed by atoms with Crippen LogP contribution in [0.3, 0.4) is 0 Å². The molecule has 1 aliphatic carbocycles. The molecule has 10 heteroatoms. The fourth-order valence-corrected chi connectivity index (χ4v) is 3.49. The Morgan fingerprint density at radius 2 is 1.86 bits per heavy atom. The monoisotopic (exact) mass is 404 g/mol. The Balaban J connectivity index is 1.43. The maximum absolute atomic E-state index is 12.2. The smallest absolute Gasteiger partial charge is 0.444 e. The molecule has 1 saturated carbocycles. The minimum absolute atomic E-state index is 0.0625. The predicted octanol–water partition coefficient (Wildman–Crippen LogP) is 3.62. The number of halogens is 3. The molecule has 2 heterocycles. The van der Waals surface area contributed by atoms with Gasteiger partial charge in [-0.05, 0) is 46.5 Å². The van der Waals surface area contributed by atoms with Gasteiger partial charge in [-0.25, -0.2) is 4.79 Å². The number of anilines is 1. The number of nitrogens with one attached hydrogen (secondary N) is 1. The summed E-state index contributed by atoms with van der Waals surface area (Å²) in [5, 5.41) is 7.20. The van der Waals surface area contributed by atoms with Crippen LogP contribution in [-0.2, 0) is 9.47 Å². The Hall–Kier alpha value is -1.97. The van der Waals surface area contributed by atoms with Crippen LogP contribution in [0.2, 0.25) is 0 Å². The van der Waals surface area contributed by atoms with Crippen LogP contribution in [0.4, 0.5) is 23.7 Å². The molecule has 1 amide bonds. The van der Waals surface area contributed by atoms with E-state index in [0.717, 1.165) is 31.6 Å². The highest BCUT2D eigenvalue weighted by molar-refractivity contribution is 5.68. The van der Waals surface area contributed by atoms with Gasteiger partial charge < -0.3 is 15.0 Å². The molecule has 2 aliphatic rings. The van der Waals surface area contributed by atoms with Gasteiger partial charge in [-0.2, -0.15) is 5.10 Å². The third-order valence-corrected chi connectivity index (χ3v) is 4.91. The number of carbonyl (C=O) groups is 1. The molecule has 1 aromatic heterocycles. The van der Waals surface area contributed by atoms with Gasteiger partial charge in [-0.3, -0.25) is 9.42 Å². The minimum Gasteiger partial charge on any atom is -0.444 e. The van der Waals surface area contributed by atoms with Crippen molar-refractivity contribution < 1.29 is 27.4 Å². The lowest BCUT2D eigenvalue weighted by molar-refractivity contribution is -0.353. The van der Waals surface area contributed by atoms with Gasteiger partial charge >= 0.3 is 12.5 Å². The summed E-state index contributed by atoms with van der Waals surface area (Å²) >= 11 is 0. The number of hydrogen-bond acceptors (Lipinski definition) is 5. The number of alkyl carbamates (subject to hydrolysis) is 1. The van der Waals surface area contributed by atoms with E-state index in [1.807, 2.05) is 27.0 Å². The van der Waals surface area contributed by atoms with Crippen molar-refractivity contribution in [3.63, 3.8) is 0 Å². The number of rotatable bonds is 4. The van der Waals surface area contributed by atoms with E-state index in [4.69, 9.17) is 4.74 Å². The van der Waals surface area contributed by atoms with Crippen molar-refractivity contribution in [2.45, 2.75) is 76.6 Å². The van der Waals surface area contributed by atoms with Gasteiger partial charge in [-0.15, -0.1) is 13.2 Å². The normalized spacial score (nSPS) is 24.0. The molecule has 0 atom stereocenters. The number of aromatic nitrogens is 2. The molecular weight excluding hydrogens is 377 g/mol. The second kappa shape index (κ2) is 7.81. The lowest BCUT2D eigenvalue weighted by Crippen LogP contribution is -2.46. The van der Waals surface area contributed by atoms with Crippen molar-refractivity contribution in [1.29, 1.82) is 0 Å². The van der Waals surface area contributed by atoms with E-state index in [0.29, 0.717) is 12.8 Å². The van der Waals surface area contributed by atoms with Crippen LogP contribution >= 0.6 is 0 Å². The van der Waals surface area contributed by atoms with Crippen LogP contribution in [0.1, 0.15) is 52.5 Å². The molecule has 0 unspecified atom stereocenters. The van der Waals surface area contributed by atoms with Crippen molar-refractivity contribution in [3.8, 4) is 0 Å². The van der Waals surface area contributed by atoms with Crippen molar-refractivity contribution in [1.82, 2.24) is 15.1 Å². The number of ether oxygens (including phenoxy) is 2. The maximum atomic E-state index is 12.2. The summed E-state index contributed by atoms with van der Waals surface area (Å²) in [4.78, 5) is 14.0. The molecule has 7 nitrogen and oxygen atoms in total. The van der Waals surface area contributed by atoms with E-state index in [-0.39, 0.29) is 12.1 Å². The van der Waals surface area contributed by atoms with Crippen molar-refractivity contribution >= 4 is 11.8 Å². The number of carbonyl (C=O) groups excluding carboxylic acids is 1. The fourth-order valence-electron chi connectivity index (χ4n) is 3.49. The second-order valence-corrected chi connectivity index (χ2v) is 8.40. The van der Waals surface area contributed by atoms with Gasteiger partial charge in [0.15, 0.2) is 0 Å². The molecule has 1 aliphatic heterocycles. The summed E-state index contributed by atoms with van der Waals surface area (Å²) in [7, 11) is 0. The van der Waals surface area contributed by atoms with E-state index < -0.39 is 24.2 Å². The van der Waals surface area contributed by atoms with Crippen molar-refractivity contribution in [2.24, 2.45) is 0 Å². The molecule has 0 bridgehead atoms. The number of amides is 1. The first-order chi connectivity index (χ1) is 13.0. The highest BCUT2D eigenvalue weighted by Gasteiger charge is 2.41. The predicted molar refractivity (Wildman–Crippen MR) is 96.0 cm³/mol. The molecule has 0 aromatic carbocycles. The summed E-state index contributed by atoms with van der Waals surface area (Å²) in [6.07, 6.45) is 0.0280. The topological polar surface area (TPSA) is 68.6 Å². The summed E-state index contributed by atoms with van der Waals surface area (Å²) in [5.74, 6) is 0. The largest absolute Gasteiger partial charge is 0.522 e. The molecule has 0 spiro atoms. The number of piperidine rings is 1. The molecule has 1 N–H and O–H groups in total. The maximum Gasteiger partial charge on any atom is 0.522 e. The van der Waals surface area contributed by atoms with E-state index in [1.54, 1.807) is 10.9 Å². The van der Waals surface area contributed by atoms with E-state index in [2.05, 4.69) is 20.1 Å². The van der Waals surface area contributed by atoms with Gasteiger partial charge in [0.05, 0.1) is 24.0 Å². The van der Waals surface area contributed by atoms with Crippen LogP contribution in [0.5, 0.6) is 0 Å². The average Bonchev–Trinajstić information content (AvgIpc) is 2.97.